The Bertz CT molecular complexity index is 2220. The first-order valence-corrected chi connectivity index (χ1v) is 13.5. The van der Waals surface area contributed by atoms with Crippen molar-refractivity contribution in [1.29, 1.82) is 5.26 Å². The maximum atomic E-state index is 9.17. The number of para-hydroxylation sites is 2. The van der Waals surface area contributed by atoms with E-state index in [0.717, 1.165) is 40.2 Å². The third-order valence-electron chi connectivity index (χ3n) is 7.89. The van der Waals surface area contributed by atoms with E-state index in [-0.39, 0.29) is 0 Å². The summed E-state index contributed by atoms with van der Waals surface area (Å²) in [5.74, 6) is 0.693. The van der Waals surface area contributed by atoms with Crippen LogP contribution in [0.1, 0.15) is 18.5 Å². The lowest BCUT2D eigenvalue weighted by atomic mass is 10.0. The molecule has 4 aromatic carbocycles. The molecule has 1 aliphatic carbocycles. The van der Waals surface area contributed by atoms with Crippen LogP contribution in [0.5, 0.6) is 0 Å². The molecule has 3 aromatic heterocycles. The highest BCUT2D eigenvalue weighted by Crippen LogP contribution is 2.38. The molecule has 0 unspecified atom stereocenters. The van der Waals surface area contributed by atoms with E-state index in [1.54, 1.807) is 6.20 Å². The standard InChI is InChI=1S/C35H23N5/c36-20-25-21-38-35(22-37-25)40-32-13-7-5-11-28(32)30-19-24(15-17-34(30)40)23-14-16-33-29(18-23)27-10-4-6-12-31(27)39(33)26-8-2-1-3-9-26/h2,4-19,21-22H,1,3H2. The Balaban J connectivity index is 1.33. The number of nitrogens with zero attached hydrogens (tertiary/aromatic N) is 5. The molecule has 0 aliphatic heterocycles. The first-order valence-electron chi connectivity index (χ1n) is 13.5. The van der Waals surface area contributed by atoms with Gasteiger partial charge >= 0.3 is 0 Å². The number of hydrogen-bond acceptors (Lipinski definition) is 3. The lowest BCUT2D eigenvalue weighted by molar-refractivity contribution is 1.02. The van der Waals surface area contributed by atoms with Gasteiger partial charge in [0.15, 0.2) is 11.5 Å². The fourth-order valence-corrected chi connectivity index (χ4v) is 6.09. The second-order valence-electron chi connectivity index (χ2n) is 10.1. The highest BCUT2D eigenvalue weighted by Gasteiger charge is 2.17. The van der Waals surface area contributed by atoms with Crippen molar-refractivity contribution in [3.63, 3.8) is 0 Å². The highest BCUT2D eigenvalue weighted by atomic mass is 15.1. The molecule has 40 heavy (non-hydrogen) atoms. The summed E-state index contributed by atoms with van der Waals surface area (Å²) in [5, 5.41) is 14.0. The molecule has 0 amide bonds. The Morgan fingerprint density at radius 3 is 1.85 bits per heavy atom. The van der Waals surface area contributed by atoms with Crippen molar-refractivity contribution in [3.05, 3.63) is 121 Å². The minimum Gasteiger partial charge on any atom is -0.310 e. The van der Waals surface area contributed by atoms with Gasteiger partial charge < -0.3 is 4.57 Å². The minimum absolute atomic E-state index is 0.305. The summed E-state index contributed by atoms with van der Waals surface area (Å²) < 4.78 is 4.50. The molecule has 0 spiro atoms. The number of aromatic nitrogens is 4. The zero-order valence-electron chi connectivity index (χ0n) is 21.6. The fraction of sp³-hybridized carbons (Fsp3) is 0.0571. The third-order valence-corrected chi connectivity index (χ3v) is 7.89. The summed E-state index contributed by atoms with van der Waals surface area (Å²) in [7, 11) is 0. The van der Waals surface area contributed by atoms with Crippen LogP contribution >= 0.6 is 0 Å². The van der Waals surface area contributed by atoms with E-state index in [0.29, 0.717) is 11.5 Å². The number of benzene rings is 4. The van der Waals surface area contributed by atoms with Gasteiger partial charge in [0.2, 0.25) is 0 Å². The molecule has 5 heteroatoms. The molecule has 0 bridgehead atoms. The van der Waals surface area contributed by atoms with Crippen LogP contribution < -0.4 is 0 Å². The number of fused-ring (bicyclic) bond motifs is 6. The van der Waals surface area contributed by atoms with Crippen LogP contribution in [0.4, 0.5) is 0 Å². The molecule has 0 saturated heterocycles. The van der Waals surface area contributed by atoms with E-state index in [9.17, 15) is 0 Å². The predicted molar refractivity (Wildman–Crippen MR) is 162 cm³/mol. The largest absolute Gasteiger partial charge is 0.310 e. The van der Waals surface area contributed by atoms with Crippen LogP contribution in [0.15, 0.2) is 116 Å². The molecule has 0 fully saturated rings. The summed E-state index contributed by atoms with van der Waals surface area (Å²) in [4.78, 5) is 8.81. The second-order valence-corrected chi connectivity index (χ2v) is 10.1. The van der Waals surface area contributed by atoms with Crippen LogP contribution in [0.3, 0.4) is 0 Å². The number of rotatable bonds is 3. The Kier molecular flexibility index (Phi) is 4.95. The van der Waals surface area contributed by atoms with Gasteiger partial charge in [-0.1, -0.05) is 60.7 Å². The molecule has 0 radical (unpaired) electrons. The van der Waals surface area contributed by atoms with E-state index >= 15 is 0 Å². The second kappa shape index (κ2) is 8.79. The van der Waals surface area contributed by atoms with Gasteiger partial charge in [-0.25, -0.2) is 9.97 Å². The minimum atomic E-state index is 0.305. The zero-order valence-corrected chi connectivity index (χ0v) is 21.6. The summed E-state index contributed by atoms with van der Waals surface area (Å²) in [6.07, 6.45) is 12.2. The lowest BCUT2D eigenvalue weighted by Gasteiger charge is -2.12. The Labute approximate surface area is 230 Å². The Morgan fingerprint density at radius 1 is 0.625 bits per heavy atom. The topological polar surface area (TPSA) is 59.4 Å². The molecule has 3 heterocycles. The van der Waals surface area contributed by atoms with E-state index < -0.39 is 0 Å². The van der Waals surface area contributed by atoms with Gasteiger partial charge in [-0.15, -0.1) is 0 Å². The van der Waals surface area contributed by atoms with Gasteiger partial charge in [0.25, 0.3) is 0 Å². The molecular weight excluding hydrogens is 490 g/mol. The summed E-state index contributed by atoms with van der Waals surface area (Å²) >= 11 is 0. The van der Waals surface area contributed by atoms with Crippen LogP contribution in [-0.2, 0) is 0 Å². The molecule has 8 rings (SSSR count). The first kappa shape index (κ1) is 22.5. The van der Waals surface area contributed by atoms with Crippen LogP contribution in [0.25, 0.3) is 66.3 Å². The number of hydrogen-bond donors (Lipinski definition) is 0. The Hall–Kier alpha value is -5.47. The molecular formula is C35H23N5. The van der Waals surface area contributed by atoms with Gasteiger partial charge in [0.1, 0.15) is 6.07 Å². The molecule has 0 saturated carbocycles. The third kappa shape index (κ3) is 3.33. The van der Waals surface area contributed by atoms with Crippen molar-refractivity contribution in [2.45, 2.75) is 12.8 Å². The average molecular weight is 514 g/mol. The monoisotopic (exact) mass is 513 g/mol. The Morgan fingerprint density at radius 2 is 1.25 bits per heavy atom. The van der Waals surface area contributed by atoms with Gasteiger partial charge in [-0.3, -0.25) is 4.57 Å². The zero-order chi connectivity index (χ0) is 26.6. The summed E-state index contributed by atoms with van der Waals surface area (Å²) in [6.45, 7) is 0. The van der Waals surface area contributed by atoms with Crippen LogP contribution in [0.2, 0.25) is 0 Å². The SMILES string of the molecule is N#Cc1cnc(-n2c3ccccc3c3cc(-c4ccc5c(c4)c4ccccc4n5C4=CCCC=C4)ccc32)cn1. The van der Waals surface area contributed by atoms with Gasteiger partial charge in [0, 0.05) is 27.2 Å². The average Bonchev–Trinajstić information content (AvgIpc) is 3.54. The predicted octanol–water partition coefficient (Wildman–Crippen LogP) is 8.41. The molecule has 188 valence electrons. The fourth-order valence-electron chi connectivity index (χ4n) is 6.09. The quantitative estimate of drug-likeness (QED) is 0.238. The number of nitriles is 1. The van der Waals surface area contributed by atoms with E-state index in [2.05, 4.69) is 122 Å². The van der Waals surface area contributed by atoms with E-state index in [4.69, 9.17) is 5.26 Å². The molecule has 0 N–H and O–H groups in total. The van der Waals surface area contributed by atoms with Crippen molar-refractivity contribution in [2.75, 3.05) is 0 Å². The summed E-state index contributed by atoms with van der Waals surface area (Å²) in [6, 6.07) is 32.5. The number of allylic oxidation sites excluding steroid dienone is 4. The lowest BCUT2D eigenvalue weighted by Crippen LogP contribution is -1.99. The van der Waals surface area contributed by atoms with Crippen molar-refractivity contribution < 1.29 is 0 Å². The maximum Gasteiger partial charge on any atom is 0.158 e. The van der Waals surface area contributed by atoms with Crippen molar-refractivity contribution in [1.82, 2.24) is 19.1 Å². The molecule has 0 atom stereocenters. The highest BCUT2D eigenvalue weighted by molar-refractivity contribution is 6.13. The summed E-state index contributed by atoms with van der Waals surface area (Å²) in [5.41, 5.74) is 8.45. The van der Waals surface area contributed by atoms with Gasteiger partial charge in [-0.05, 0) is 66.4 Å². The van der Waals surface area contributed by atoms with Gasteiger partial charge in [0.05, 0.1) is 34.5 Å². The van der Waals surface area contributed by atoms with E-state index in [1.165, 1.54) is 39.3 Å². The molecule has 5 nitrogen and oxygen atoms in total. The van der Waals surface area contributed by atoms with Gasteiger partial charge in [-0.2, -0.15) is 5.26 Å². The van der Waals surface area contributed by atoms with Crippen molar-refractivity contribution in [2.24, 2.45) is 0 Å². The first-order chi connectivity index (χ1) is 19.8. The van der Waals surface area contributed by atoms with Crippen LogP contribution in [0, 0.1) is 11.3 Å². The van der Waals surface area contributed by atoms with E-state index in [1.807, 2.05) is 6.07 Å². The normalized spacial score (nSPS) is 13.3. The maximum absolute atomic E-state index is 9.17. The molecule has 7 aromatic rings. The molecule has 1 aliphatic rings. The van der Waals surface area contributed by atoms with Crippen molar-refractivity contribution >= 4 is 49.3 Å². The van der Waals surface area contributed by atoms with Crippen molar-refractivity contribution in [3.8, 4) is 23.0 Å². The van der Waals surface area contributed by atoms with Crippen LogP contribution in [-0.4, -0.2) is 19.1 Å². The smallest absolute Gasteiger partial charge is 0.158 e.